The maximum Gasteiger partial charge on any atom is 0.0735 e. The fourth-order valence-corrected chi connectivity index (χ4v) is 1.88. The molecule has 0 saturated heterocycles. The lowest BCUT2D eigenvalue weighted by atomic mass is 9.99. The van der Waals surface area contributed by atoms with Gasteiger partial charge in [0.05, 0.1) is 17.5 Å². The molecule has 0 bridgehead atoms. The summed E-state index contributed by atoms with van der Waals surface area (Å²) in [7, 11) is 0. The van der Waals surface area contributed by atoms with Gasteiger partial charge in [0.15, 0.2) is 0 Å². The monoisotopic (exact) mass is 230 g/mol. The molecule has 3 heteroatoms. The van der Waals surface area contributed by atoms with E-state index in [0.717, 1.165) is 22.2 Å². The molecule has 90 valence electrons. The Morgan fingerprint density at radius 1 is 1.12 bits per heavy atom. The number of aryl methyl sites for hydroxylation is 1. The number of fused-ring (bicyclic) bond motifs is 1. The van der Waals surface area contributed by atoms with Gasteiger partial charge in [-0.15, -0.1) is 0 Å². The predicted molar refractivity (Wildman–Crippen MR) is 68.8 cm³/mol. The van der Waals surface area contributed by atoms with Gasteiger partial charge in [-0.2, -0.15) is 10.2 Å². The first-order valence-corrected chi connectivity index (χ1v) is 5.98. The van der Waals surface area contributed by atoms with Gasteiger partial charge in [-0.05, 0) is 12.8 Å². The highest BCUT2D eigenvalue weighted by Gasteiger charge is 2.14. The summed E-state index contributed by atoms with van der Waals surface area (Å²) in [4.78, 5) is 0. The van der Waals surface area contributed by atoms with Crippen LogP contribution in [-0.4, -0.2) is 21.4 Å². The maximum absolute atomic E-state index is 9.94. The van der Waals surface area contributed by atoms with Crippen LogP contribution in [0.3, 0.4) is 0 Å². The van der Waals surface area contributed by atoms with Crippen LogP contribution in [0.25, 0.3) is 10.8 Å². The molecule has 1 unspecified atom stereocenters. The summed E-state index contributed by atoms with van der Waals surface area (Å²) in [6, 6.07) is 8.08. The number of hydrogen-bond acceptors (Lipinski definition) is 3. The Bertz CT molecular complexity index is 523. The van der Waals surface area contributed by atoms with E-state index in [-0.39, 0.29) is 12.0 Å². The Morgan fingerprint density at radius 2 is 1.76 bits per heavy atom. The van der Waals surface area contributed by atoms with Crippen LogP contribution in [0.5, 0.6) is 0 Å². The number of rotatable bonds is 3. The second kappa shape index (κ2) is 4.80. The smallest absolute Gasteiger partial charge is 0.0735 e. The second-order valence-corrected chi connectivity index (χ2v) is 4.79. The molecule has 1 heterocycles. The highest BCUT2D eigenvalue weighted by atomic mass is 16.3. The lowest BCUT2D eigenvalue weighted by Gasteiger charge is -2.14. The number of hydrogen-bond donors (Lipinski definition) is 1. The molecule has 2 aromatic rings. The van der Waals surface area contributed by atoms with Crippen LogP contribution in [0.4, 0.5) is 0 Å². The number of benzene rings is 1. The van der Waals surface area contributed by atoms with Crippen molar-refractivity contribution in [3.05, 3.63) is 35.7 Å². The fraction of sp³-hybridized carbons (Fsp3) is 0.429. The first-order chi connectivity index (χ1) is 8.09. The highest BCUT2D eigenvalue weighted by Crippen LogP contribution is 2.20. The number of aliphatic hydroxyl groups excluding tert-OH is 1. The van der Waals surface area contributed by atoms with Crippen molar-refractivity contribution < 1.29 is 5.11 Å². The van der Waals surface area contributed by atoms with Gasteiger partial charge in [0, 0.05) is 17.2 Å². The van der Waals surface area contributed by atoms with Gasteiger partial charge in [0.25, 0.3) is 0 Å². The van der Waals surface area contributed by atoms with Crippen LogP contribution in [0.1, 0.15) is 25.2 Å². The molecule has 3 nitrogen and oxygen atoms in total. The molecule has 0 radical (unpaired) electrons. The van der Waals surface area contributed by atoms with Gasteiger partial charge in [-0.25, -0.2) is 0 Å². The molecule has 0 aliphatic rings. The van der Waals surface area contributed by atoms with Crippen LogP contribution in [0.2, 0.25) is 0 Å². The Hall–Kier alpha value is -1.48. The topological polar surface area (TPSA) is 46.0 Å². The summed E-state index contributed by atoms with van der Waals surface area (Å²) in [6.07, 6.45) is 0.196. The molecular formula is C14H18N2O. The molecule has 0 saturated carbocycles. The van der Waals surface area contributed by atoms with Crippen molar-refractivity contribution in [2.24, 2.45) is 5.92 Å². The van der Waals surface area contributed by atoms with Crippen molar-refractivity contribution in [2.75, 3.05) is 0 Å². The van der Waals surface area contributed by atoms with Gasteiger partial charge in [0.2, 0.25) is 0 Å². The van der Waals surface area contributed by atoms with Crippen molar-refractivity contribution in [3.63, 3.8) is 0 Å². The standard InChI is InChI=1S/C14H18N2O/c1-9(2)14(17)8-13-12-7-5-4-6-11(12)10(3)15-16-13/h4-7,9,14,17H,8H2,1-3H3. The Kier molecular flexibility index (Phi) is 3.38. The largest absolute Gasteiger partial charge is 0.392 e. The maximum atomic E-state index is 9.94. The molecule has 0 aliphatic heterocycles. The third-order valence-corrected chi connectivity index (χ3v) is 3.12. The van der Waals surface area contributed by atoms with Crippen LogP contribution < -0.4 is 0 Å². The summed E-state index contributed by atoms with van der Waals surface area (Å²) in [6.45, 7) is 5.97. The first kappa shape index (κ1) is 12.0. The van der Waals surface area contributed by atoms with E-state index in [1.807, 2.05) is 45.0 Å². The minimum Gasteiger partial charge on any atom is -0.392 e. The molecule has 1 aromatic heterocycles. The van der Waals surface area contributed by atoms with Crippen LogP contribution in [-0.2, 0) is 6.42 Å². The molecular weight excluding hydrogens is 212 g/mol. The predicted octanol–water partition coefficient (Wildman–Crippen LogP) is 2.50. The fourth-order valence-electron chi connectivity index (χ4n) is 1.88. The lowest BCUT2D eigenvalue weighted by Crippen LogP contribution is -2.19. The molecule has 17 heavy (non-hydrogen) atoms. The van der Waals surface area contributed by atoms with E-state index >= 15 is 0 Å². The van der Waals surface area contributed by atoms with E-state index in [9.17, 15) is 5.11 Å². The van der Waals surface area contributed by atoms with Crippen LogP contribution in [0.15, 0.2) is 24.3 Å². The third-order valence-electron chi connectivity index (χ3n) is 3.12. The molecule has 0 spiro atoms. The summed E-state index contributed by atoms with van der Waals surface area (Å²) in [5, 5.41) is 20.5. The van der Waals surface area contributed by atoms with Crippen molar-refractivity contribution in [2.45, 2.75) is 33.3 Å². The van der Waals surface area contributed by atoms with Gasteiger partial charge >= 0.3 is 0 Å². The molecule has 0 amide bonds. The minimum atomic E-state index is -0.365. The molecule has 0 aliphatic carbocycles. The zero-order valence-electron chi connectivity index (χ0n) is 10.5. The van der Waals surface area contributed by atoms with Crippen molar-refractivity contribution in [1.82, 2.24) is 10.2 Å². The molecule has 0 fully saturated rings. The molecule has 1 aromatic carbocycles. The Morgan fingerprint density at radius 3 is 2.41 bits per heavy atom. The van der Waals surface area contributed by atoms with Crippen molar-refractivity contribution in [1.29, 1.82) is 0 Å². The summed E-state index contributed by atoms with van der Waals surface area (Å²) in [5.74, 6) is 0.233. The molecule has 1 N–H and O–H groups in total. The van der Waals surface area contributed by atoms with E-state index in [1.165, 1.54) is 0 Å². The number of aliphatic hydroxyl groups is 1. The molecule has 1 atom stereocenters. The van der Waals surface area contributed by atoms with E-state index < -0.39 is 0 Å². The first-order valence-electron chi connectivity index (χ1n) is 5.98. The zero-order valence-corrected chi connectivity index (χ0v) is 10.5. The van der Waals surface area contributed by atoms with E-state index in [0.29, 0.717) is 6.42 Å². The average Bonchev–Trinajstić information content (AvgIpc) is 2.33. The normalized spacial score (nSPS) is 13.2. The summed E-state index contributed by atoms with van der Waals surface area (Å²) < 4.78 is 0. The average molecular weight is 230 g/mol. The second-order valence-electron chi connectivity index (χ2n) is 4.79. The van der Waals surface area contributed by atoms with Gasteiger partial charge in [-0.3, -0.25) is 0 Å². The Balaban J connectivity index is 2.45. The van der Waals surface area contributed by atoms with Crippen LogP contribution >= 0.6 is 0 Å². The Labute approximate surface area is 102 Å². The zero-order chi connectivity index (χ0) is 12.4. The molecule has 2 rings (SSSR count). The third kappa shape index (κ3) is 2.44. The highest BCUT2D eigenvalue weighted by molar-refractivity contribution is 5.86. The van der Waals surface area contributed by atoms with Gasteiger partial charge < -0.3 is 5.11 Å². The van der Waals surface area contributed by atoms with Crippen molar-refractivity contribution >= 4 is 10.8 Å². The SMILES string of the molecule is Cc1nnc(CC(O)C(C)C)c2ccccc12. The van der Waals surface area contributed by atoms with Crippen LogP contribution in [0, 0.1) is 12.8 Å². The van der Waals surface area contributed by atoms with E-state index in [2.05, 4.69) is 10.2 Å². The summed E-state index contributed by atoms with van der Waals surface area (Å²) in [5.41, 5.74) is 1.82. The van der Waals surface area contributed by atoms with Crippen molar-refractivity contribution in [3.8, 4) is 0 Å². The van der Waals surface area contributed by atoms with E-state index in [4.69, 9.17) is 0 Å². The summed E-state index contributed by atoms with van der Waals surface area (Å²) >= 11 is 0. The quantitative estimate of drug-likeness (QED) is 0.881. The van der Waals surface area contributed by atoms with Gasteiger partial charge in [-0.1, -0.05) is 38.1 Å². The number of nitrogens with zero attached hydrogens (tertiary/aromatic N) is 2. The van der Waals surface area contributed by atoms with Gasteiger partial charge in [0.1, 0.15) is 0 Å². The lowest BCUT2D eigenvalue weighted by molar-refractivity contribution is 0.125. The minimum absolute atomic E-state index is 0.233. The van der Waals surface area contributed by atoms with E-state index in [1.54, 1.807) is 0 Å². The number of aromatic nitrogens is 2.